The van der Waals surface area contributed by atoms with E-state index in [1.54, 1.807) is 35.6 Å². The summed E-state index contributed by atoms with van der Waals surface area (Å²) in [6.45, 7) is 10.8. The summed E-state index contributed by atoms with van der Waals surface area (Å²) < 4.78 is 2.28. The predicted molar refractivity (Wildman–Crippen MR) is 301 cm³/mol. The number of anilines is 9. The van der Waals surface area contributed by atoms with E-state index in [1.807, 2.05) is 41.3 Å². The maximum Gasteiger partial charge on any atom is 0.304 e. The Bertz CT molecular complexity index is 3950. The first-order valence-corrected chi connectivity index (χ1v) is 25.7. The van der Waals surface area contributed by atoms with Crippen LogP contribution in [0.4, 0.5) is 51.2 Å². The molecule has 3 aliphatic rings. The van der Waals surface area contributed by atoms with Crippen molar-refractivity contribution in [1.82, 2.24) is 0 Å². The number of nitrogens with zero attached hydrogens (tertiary/aromatic N) is 3. The molecule has 1 aromatic heterocycles. The average molecular weight is 990 g/mol. The van der Waals surface area contributed by atoms with Crippen LogP contribution >= 0.6 is 11.3 Å². The highest BCUT2D eigenvalue weighted by atomic mass is 32.1. The van der Waals surface area contributed by atoms with Gasteiger partial charge in [-0.05, 0) is 141 Å². The average Bonchev–Trinajstić information content (AvgIpc) is 3.89. The zero-order valence-corrected chi connectivity index (χ0v) is 42.2. The molecule has 2 aliphatic heterocycles. The van der Waals surface area contributed by atoms with Crippen LogP contribution < -0.4 is 31.1 Å². The molecule has 9 nitrogen and oxygen atoms in total. The summed E-state index contributed by atoms with van der Waals surface area (Å²) in [7, 11) is 0. The van der Waals surface area contributed by atoms with Crippen LogP contribution in [0.2, 0.25) is 0 Å². The molecule has 0 atom stereocenters. The van der Waals surface area contributed by atoms with Crippen LogP contribution in [-0.2, 0) is 22.8 Å². The lowest BCUT2D eigenvalue weighted by Gasteiger charge is -2.45. The first-order valence-electron chi connectivity index (χ1n) is 24.9. The molecule has 0 radical (unpaired) electrons. The second-order valence-electron chi connectivity index (χ2n) is 21.5. The number of aliphatic hydroxyl groups is 6. The van der Waals surface area contributed by atoms with E-state index >= 15 is 0 Å². The molecule has 364 valence electrons. The lowest BCUT2D eigenvalue weighted by molar-refractivity contribution is -0.324. The van der Waals surface area contributed by atoms with Gasteiger partial charge in [0.05, 0.1) is 0 Å². The van der Waals surface area contributed by atoms with Gasteiger partial charge in [0.1, 0.15) is 0 Å². The second-order valence-corrected chi connectivity index (χ2v) is 22.6. The fourth-order valence-electron chi connectivity index (χ4n) is 11.9. The number of hydrogen-bond acceptors (Lipinski definition) is 10. The third kappa shape index (κ3) is 7.15. The topological polar surface area (TPSA) is 131 Å². The molecular formula is C63H52BN3O6S. The maximum atomic E-state index is 11.4. The van der Waals surface area contributed by atoms with Gasteiger partial charge in [0.2, 0.25) is 0 Å². The number of rotatable bonds is 7. The Hall–Kier alpha value is -7.58. The summed E-state index contributed by atoms with van der Waals surface area (Å²) in [5.74, 6) is -6.30. The van der Waals surface area contributed by atoms with Gasteiger partial charge in [-0.2, -0.15) is 0 Å². The van der Waals surface area contributed by atoms with E-state index in [4.69, 9.17) is 0 Å². The molecule has 10 aromatic rings. The summed E-state index contributed by atoms with van der Waals surface area (Å²) in [5.41, 5.74) is 15.1. The molecule has 0 fully saturated rings. The van der Waals surface area contributed by atoms with E-state index < -0.39 is 11.9 Å². The van der Waals surface area contributed by atoms with Crippen LogP contribution in [0.5, 0.6) is 0 Å². The fourth-order valence-corrected chi connectivity index (χ4v) is 13.0. The Kier molecular flexibility index (Phi) is 10.1. The Morgan fingerprint density at radius 2 is 1.08 bits per heavy atom. The standard InChI is InChI=1S/C63H52BN3O6S/c1-60(2,3)37-22-28-53-52(31-37)64-51-27-24-44(65(40-15-7-6-8-16-40)41-17-13-14-38(30-41)62(68,69)70)36-54(51)67(43-25-29-58-48(35-43)46-19-10-12-21-57(46)74-58)56-33-39(63(71,72)73)32-55(59(56)64)66(53)42-23-26-50-47(34-42)45-18-9-11-20-49(45)61(50,4)5/h6-36,68-73H,1-5H3. The normalized spacial score (nSPS) is 14.4. The monoisotopic (exact) mass is 989 g/mol. The van der Waals surface area contributed by atoms with Crippen molar-refractivity contribution in [2.24, 2.45) is 0 Å². The molecule has 0 saturated carbocycles. The Morgan fingerprint density at radius 1 is 0.446 bits per heavy atom. The number of fused-ring (bicyclic) bond motifs is 10. The summed E-state index contributed by atoms with van der Waals surface area (Å²) in [6, 6.07) is 62.8. The zero-order chi connectivity index (χ0) is 51.2. The van der Waals surface area contributed by atoms with Crippen LogP contribution in [0.1, 0.15) is 62.4 Å². The number of benzene rings is 9. The molecule has 11 heteroatoms. The van der Waals surface area contributed by atoms with Crippen LogP contribution in [0.3, 0.4) is 0 Å². The molecule has 1 aliphatic carbocycles. The minimum atomic E-state index is -3.22. The van der Waals surface area contributed by atoms with Gasteiger partial charge >= 0.3 is 11.9 Å². The molecule has 13 rings (SSSR count). The fraction of sp³-hybridized carbons (Fsp3) is 0.143. The minimum Gasteiger partial charge on any atom is -0.340 e. The molecule has 0 spiro atoms. The van der Waals surface area contributed by atoms with Crippen molar-refractivity contribution < 1.29 is 30.6 Å². The molecular weight excluding hydrogens is 938 g/mol. The third-order valence-electron chi connectivity index (χ3n) is 15.5. The highest BCUT2D eigenvalue weighted by Crippen LogP contribution is 2.53. The first kappa shape index (κ1) is 46.2. The molecule has 0 unspecified atom stereocenters. The smallest absolute Gasteiger partial charge is 0.304 e. The van der Waals surface area contributed by atoms with Gasteiger partial charge in [0.25, 0.3) is 6.71 Å². The summed E-state index contributed by atoms with van der Waals surface area (Å²) in [6.07, 6.45) is 0. The van der Waals surface area contributed by atoms with Crippen molar-refractivity contribution in [3.63, 3.8) is 0 Å². The largest absolute Gasteiger partial charge is 0.340 e. The van der Waals surface area contributed by atoms with E-state index in [9.17, 15) is 30.6 Å². The van der Waals surface area contributed by atoms with Crippen molar-refractivity contribution in [3.05, 3.63) is 216 Å². The summed E-state index contributed by atoms with van der Waals surface area (Å²) in [4.78, 5) is 6.40. The number of thiophene rings is 1. The zero-order valence-electron chi connectivity index (χ0n) is 41.4. The Morgan fingerprint density at radius 3 is 1.84 bits per heavy atom. The van der Waals surface area contributed by atoms with E-state index in [-0.39, 0.29) is 28.7 Å². The van der Waals surface area contributed by atoms with E-state index in [1.165, 1.54) is 22.8 Å². The molecule has 9 aromatic carbocycles. The van der Waals surface area contributed by atoms with Crippen molar-refractivity contribution in [1.29, 1.82) is 0 Å². The lowest BCUT2D eigenvalue weighted by Crippen LogP contribution is -2.61. The number of hydrogen-bond donors (Lipinski definition) is 6. The van der Waals surface area contributed by atoms with E-state index in [0.717, 1.165) is 81.8 Å². The van der Waals surface area contributed by atoms with Crippen molar-refractivity contribution in [2.45, 2.75) is 57.4 Å². The number of para-hydroxylation sites is 1. The van der Waals surface area contributed by atoms with Gasteiger partial charge in [-0.1, -0.05) is 132 Å². The van der Waals surface area contributed by atoms with Crippen LogP contribution in [0, 0.1) is 0 Å². The van der Waals surface area contributed by atoms with Crippen LogP contribution in [-0.4, -0.2) is 37.4 Å². The molecule has 0 amide bonds. The van der Waals surface area contributed by atoms with Gasteiger partial charge in [-0.25, -0.2) is 0 Å². The van der Waals surface area contributed by atoms with E-state index in [0.29, 0.717) is 17.1 Å². The van der Waals surface area contributed by atoms with Crippen LogP contribution in [0.15, 0.2) is 188 Å². The maximum absolute atomic E-state index is 11.4. The summed E-state index contributed by atoms with van der Waals surface area (Å²) in [5, 5.41) is 67.7. The van der Waals surface area contributed by atoms with Gasteiger partial charge in [0, 0.05) is 87.9 Å². The molecule has 3 heterocycles. The molecule has 6 N–H and O–H groups in total. The second kappa shape index (κ2) is 16.2. The first-order chi connectivity index (χ1) is 35.3. The Labute approximate surface area is 433 Å². The lowest BCUT2D eigenvalue weighted by atomic mass is 9.33. The SMILES string of the molecule is CC(C)(C)c1ccc2c(c1)B1c3ccc(N(c4ccccc4)c4cccc(C(O)(O)O)c4)cc3N(c3ccc4sc5ccccc5c4c3)c3cc(C(O)(O)O)cc(c31)N2c1ccc2c(c1)-c1ccccc1C2(C)C. The van der Waals surface area contributed by atoms with Gasteiger partial charge < -0.3 is 45.3 Å². The minimum absolute atomic E-state index is 0.101. The van der Waals surface area contributed by atoms with Gasteiger partial charge in [-0.15, -0.1) is 11.3 Å². The van der Waals surface area contributed by atoms with Crippen molar-refractivity contribution in [2.75, 3.05) is 14.7 Å². The van der Waals surface area contributed by atoms with Gasteiger partial charge in [0.15, 0.2) is 0 Å². The molecule has 74 heavy (non-hydrogen) atoms. The summed E-state index contributed by atoms with van der Waals surface area (Å²) >= 11 is 1.73. The highest BCUT2D eigenvalue weighted by molar-refractivity contribution is 7.25. The van der Waals surface area contributed by atoms with Gasteiger partial charge in [-0.3, -0.25) is 0 Å². The van der Waals surface area contributed by atoms with Crippen molar-refractivity contribution in [3.8, 4) is 11.1 Å². The molecule has 0 bridgehead atoms. The molecule has 0 saturated heterocycles. The van der Waals surface area contributed by atoms with Crippen molar-refractivity contribution >= 4 is 106 Å². The highest BCUT2D eigenvalue weighted by Gasteiger charge is 2.46. The predicted octanol–water partition coefficient (Wildman–Crippen LogP) is 11.4. The van der Waals surface area contributed by atoms with E-state index in [2.05, 4.69) is 166 Å². The quantitative estimate of drug-likeness (QED) is 0.0683. The Balaban J connectivity index is 1.13. The van der Waals surface area contributed by atoms with Crippen LogP contribution in [0.25, 0.3) is 31.3 Å². The third-order valence-corrected chi connectivity index (χ3v) is 16.7.